The molecule has 0 aromatic heterocycles. The molecular formula is C10H22N2O2. The quantitative estimate of drug-likeness (QED) is 0.611. The Kier molecular flexibility index (Phi) is 7.42. The van der Waals surface area contributed by atoms with Gasteiger partial charge in [0.15, 0.2) is 0 Å². The van der Waals surface area contributed by atoms with Gasteiger partial charge < -0.3 is 15.0 Å². The van der Waals surface area contributed by atoms with Crippen LogP contribution in [0.4, 0.5) is 0 Å². The molecule has 0 aliphatic rings. The molecule has 0 saturated heterocycles. The van der Waals surface area contributed by atoms with E-state index in [1.165, 1.54) is 0 Å². The second-order valence-corrected chi connectivity index (χ2v) is 3.87. The first-order chi connectivity index (χ1) is 6.52. The number of rotatable bonds is 7. The van der Waals surface area contributed by atoms with E-state index in [0.717, 1.165) is 19.5 Å². The molecule has 0 saturated carbocycles. The Morgan fingerprint density at radius 3 is 2.57 bits per heavy atom. The molecule has 4 heteroatoms. The molecule has 0 rings (SSSR count). The van der Waals surface area contributed by atoms with Crippen molar-refractivity contribution in [2.24, 2.45) is 0 Å². The highest BCUT2D eigenvalue weighted by Gasteiger charge is 2.01. The van der Waals surface area contributed by atoms with Crippen molar-refractivity contribution >= 4 is 5.91 Å². The molecule has 0 aliphatic heterocycles. The van der Waals surface area contributed by atoms with E-state index in [9.17, 15) is 4.79 Å². The first-order valence-corrected chi connectivity index (χ1v) is 5.05. The van der Waals surface area contributed by atoms with Crippen molar-refractivity contribution in [1.29, 1.82) is 0 Å². The van der Waals surface area contributed by atoms with E-state index >= 15 is 0 Å². The minimum atomic E-state index is -0.0301. The molecule has 4 nitrogen and oxygen atoms in total. The highest BCUT2D eigenvalue weighted by molar-refractivity contribution is 5.77. The average molecular weight is 202 g/mol. The summed E-state index contributed by atoms with van der Waals surface area (Å²) in [6.07, 6.45) is 1.09. The first-order valence-electron chi connectivity index (χ1n) is 5.05. The van der Waals surface area contributed by atoms with E-state index in [1.54, 1.807) is 0 Å². The molecule has 84 valence electrons. The summed E-state index contributed by atoms with van der Waals surface area (Å²) in [5.41, 5.74) is 0. The van der Waals surface area contributed by atoms with Crippen LogP contribution in [0.5, 0.6) is 0 Å². The lowest BCUT2D eigenvalue weighted by molar-refractivity contribution is -0.127. The Hall–Kier alpha value is -0.610. The van der Waals surface area contributed by atoms with Crippen molar-refractivity contribution in [1.82, 2.24) is 10.2 Å². The molecule has 0 heterocycles. The Morgan fingerprint density at radius 1 is 1.43 bits per heavy atom. The molecule has 0 bridgehead atoms. The third-order valence-corrected chi connectivity index (χ3v) is 1.65. The average Bonchev–Trinajstić information content (AvgIpc) is 2.08. The summed E-state index contributed by atoms with van der Waals surface area (Å²) in [6.45, 7) is 5.71. The highest BCUT2D eigenvalue weighted by atomic mass is 16.5. The van der Waals surface area contributed by atoms with Crippen LogP contribution in [-0.4, -0.2) is 50.7 Å². The maximum absolute atomic E-state index is 11.1. The minimum absolute atomic E-state index is 0.0301. The van der Waals surface area contributed by atoms with Crippen molar-refractivity contribution in [3.63, 3.8) is 0 Å². The third kappa shape index (κ3) is 9.48. The third-order valence-electron chi connectivity index (χ3n) is 1.65. The molecule has 0 aromatic rings. The van der Waals surface area contributed by atoms with Crippen LogP contribution in [0.2, 0.25) is 0 Å². The summed E-state index contributed by atoms with van der Waals surface area (Å²) in [6, 6.07) is 0. The monoisotopic (exact) mass is 202 g/mol. The molecular weight excluding hydrogens is 180 g/mol. The zero-order valence-electron chi connectivity index (χ0n) is 9.67. The van der Waals surface area contributed by atoms with Gasteiger partial charge in [-0.2, -0.15) is 0 Å². The van der Waals surface area contributed by atoms with Gasteiger partial charge in [0.1, 0.15) is 6.61 Å². The van der Waals surface area contributed by atoms with Crippen LogP contribution in [0, 0.1) is 0 Å². The van der Waals surface area contributed by atoms with Gasteiger partial charge >= 0.3 is 0 Å². The fourth-order valence-electron chi connectivity index (χ4n) is 0.916. The first kappa shape index (κ1) is 13.4. The molecule has 1 amide bonds. The minimum Gasteiger partial charge on any atom is -0.369 e. The zero-order valence-corrected chi connectivity index (χ0v) is 9.67. The van der Waals surface area contributed by atoms with Crippen molar-refractivity contribution in [2.75, 3.05) is 33.8 Å². The number of carbonyl (C=O) groups excluding carboxylic acids is 1. The van der Waals surface area contributed by atoms with Crippen LogP contribution in [0.25, 0.3) is 0 Å². The van der Waals surface area contributed by atoms with E-state index in [2.05, 4.69) is 10.2 Å². The Labute approximate surface area is 86.6 Å². The zero-order chi connectivity index (χ0) is 11.0. The lowest BCUT2D eigenvalue weighted by Gasteiger charge is -2.10. The van der Waals surface area contributed by atoms with Gasteiger partial charge in [-0.3, -0.25) is 4.79 Å². The van der Waals surface area contributed by atoms with Crippen LogP contribution in [-0.2, 0) is 9.53 Å². The summed E-state index contributed by atoms with van der Waals surface area (Å²) >= 11 is 0. The molecule has 0 fully saturated rings. The van der Waals surface area contributed by atoms with Gasteiger partial charge in [-0.1, -0.05) is 0 Å². The fourth-order valence-corrected chi connectivity index (χ4v) is 0.916. The summed E-state index contributed by atoms with van der Waals surface area (Å²) < 4.78 is 5.16. The smallest absolute Gasteiger partial charge is 0.246 e. The maximum Gasteiger partial charge on any atom is 0.246 e. The van der Waals surface area contributed by atoms with E-state index in [4.69, 9.17) is 4.74 Å². The molecule has 0 spiro atoms. The van der Waals surface area contributed by atoms with Gasteiger partial charge in [0.05, 0.1) is 6.10 Å². The SMILES string of the molecule is CC(C)OCC(=O)NCCCN(C)C. The van der Waals surface area contributed by atoms with Gasteiger partial charge in [-0.05, 0) is 40.9 Å². The molecule has 0 aliphatic carbocycles. The van der Waals surface area contributed by atoms with Crippen LogP contribution in [0.1, 0.15) is 20.3 Å². The molecule has 0 radical (unpaired) electrons. The number of amides is 1. The number of hydrogen-bond donors (Lipinski definition) is 1. The molecule has 0 unspecified atom stereocenters. The van der Waals surface area contributed by atoms with Gasteiger partial charge in [0.25, 0.3) is 0 Å². The highest BCUT2D eigenvalue weighted by Crippen LogP contribution is 1.86. The number of ether oxygens (including phenoxy) is 1. The van der Waals surface area contributed by atoms with E-state index < -0.39 is 0 Å². The molecule has 1 N–H and O–H groups in total. The second kappa shape index (κ2) is 7.76. The number of nitrogens with one attached hydrogen (secondary N) is 1. The summed E-state index contributed by atoms with van der Waals surface area (Å²) in [7, 11) is 4.04. The second-order valence-electron chi connectivity index (χ2n) is 3.87. The van der Waals surface area contributed by atoms with E-state index in [0.29, 0.717) is 0 Å². The van der Waals surface area contributed by atoms with Crippen LogP contribution in [0.15, 0.2) is 0 Å². The van der Waals surface area contributed by atoms with Gasteiger partial charge in [-0.15, -0.1) is 0 Å². The number of nitrogens with zero attached hydrogens (tertiary/aromatic N) is 1. The predicted molar refractivity (Wildman–Crippen MR) is 57.3 cm³/mol. The van der Waals surface area contributed by atoms with Crippen molar-refractivity contribution in [3.8, 4) is 0 Å². The standard InChI is InChI=1S/C10H22N2O2/c1-9(2)14-8-10(13)11-6-5-7-12(3)4/h9H,5-8H2,1-4H3,(H,11,13). The number of hydrogen-bond acceptors (Lipinski definition) is 3. The Balaban J connectivity index is 3.27. The van der Waals surface area contributed by atoms with E-state index in [1.807, 2.05) is 27.9 Å². The maximum atomic E-state index is 11.1. The largest absolute Gasteiger partial charge is 0.369 e. The molecule has 0 aromatic carbocycles. The van der Waals surface area contributed by atoms with Crippen molar-refractivity contribution < 1.29 is 9.53 Å². The van der Waals surface area contributed by atoms with Crippen molar-refractivity contribution in [2.45, 2.75) is 26.4 Å². The summed E-state index contributed by atoms with van der Waals surface area (Å²) in [4.78, 5) is 13.2. The fraction of sp³-hybridized carbons (Fsp3) is 0.900. The normalized spacial score (nSPS) is 11.0. The lowest BCUT2D eigenvalue weighted by Crippen LogP contribution is -2.31. The number of carbonyl (C=O) groups is 1. The lowest BCUT2D eigenvalue weighted by atomic mass is 10.4. The van der Waals surface area contributed by atoms with Gasteiger partial charge in [-0.25, -0.2) is 0 Å². The molecule has 0 atom stereocenters. The van der Waals surface area contributed by atoms with Crippen LogP contribution < -0.4 is 5.32 Å². The van der Waals surface area contributed by atoms with Crippen LogP contribution in [0.3, 0.4) is 0 Å². The van der Waals surface area contributed by atoms with E-state index in [-0.39, 0.29) is 18.6 Å². The van der Waals surface area contributed by atoms with Crippen LogP contribution >= 0.6 is 0 Å². The van der Waals surface area contributed by atoms with Gasteiger partial charge in [0, 0.05) is 6.54 Å². The van der Waals surface area contributed by atoms with Gasteiger partial charge in [0.2, 0.25) is 5.91 Å². The summed E-state index contributed by atoms with van der Waals surface area (Å²) in [5, 5.41) is 2.80. The Bertz CT molecular complexity index is 158. The topological polar surface area (TPSA) is 41.6 Å². The Morgan fingerprint density at radius 2 is 2.07 bits per heavy atom. The summed E-state index contributed by atoms with van der Waals surface area (Å²) in [5.74, 6) is -0.0301. The predicted octanol–water partition coefficient (Wildman–Crippen LogP) is 0.479. The van der Waals surface area contributed by atoms with Crippen molar-refractivity contribution in [3.05, 3.63) is 0 Å². The molecule has 14 heavy (non-hydrogen) atoms.